The Balaban J connectivity index is 0.985. The minimum atomic E-state index is -1.90. The van der Waals surface area contributed by atoms with Crippen molar-refractivity contribution in [2.75, 3.05) is 26.4 Å². The van der Waals surface area contributed by atoms with Gasteiger partial charge in [0.05, 0.1) is 37.4 Å². The summed E-state index contributed by atoms with van der Waals surface area (Å²) >= 11 is 0. The molecule has 8 aliphatic rings. The number of hydrogen-bond acceptors (Lipinski definition) is 23. The minimum absolute atomic E-state index is 0.0394. The highest BCUT2D eigenvalue weighted by Crippen LogP contribution is 2.73. The first kappa shape index (κ1) is 51.7. The molecule has 4 aliphatic heterocycles. The molecule has 0 aromatic heterocycles. The summed E-state index contributed by atoms with van der Waals surface area (Å²) in [5.74, 6) is -0.897. The van der Waals surface area contributed by atoms with Gasteiger partial charge in [-0.05, 0) is 86.5 Å². The van der Waals surface area contributed by atoms with Gasteiger partial charge in [0.2, 0.25) is 6.29 Å². The van der Waals surface area contributed by atoms with E-state index in [1.54, 1.807) is 0 Å². The predicted molar refractivity (Wildman–Crippen MR) is 219 cm³/mol. The Hall–Kier alpha value is -1.63. The van der Waals surface area contributed by atoms with E-state index in [1.807, 2.05) is 6.92 Å². The summed E-state index contributed by atoms with van der Waals surface area (Å²) in [4.78, 5) is 14.7. The summed E-state index contributed by atoms with van der Waals surface area (Å²) in [6, 6.07) is 0. The first-order valence-electron chi connectivity index (χ1n) is 23.4. The average Bonchev–Trinajstić information content (AvgIpc) is 3.50. The number of rotatable bonds is 12. The summed E-state index contributed by atoms with van der Waals surface area (Å²) in [6.07, 6.45) is -28.2. The zero-order valence-electron chi connectivity index (χ0n) is 37.5. The average molecular weight is 967 g/mol. The highest BCUT2D eigenvalue weighted by molar-refractivity contribution is 5.77. The Morgan fingerprint density at radius 3 is 1.63 bits per heavy atom. The minimum Gasteiger partial charge on any atom is -0.432 e. The highest BCUT2D eigenvalue weighted by Gasteiger charge is 2.69. The molecule has 21 unspecified atom stereocenters. The molecular weight excluding hydrogens is 896 g/mol. The number of aliphatic hydroxyl groups excluding tert-OH is 14. The van der Waals surface area contributed by atoms with E-state index in [1.165, 1.54) is 0 Å². The summed E-state index contributed by atoms with van der Waals surface area (Å²) in [6.45, 7) is 5.45. The maximum Gasteiger partial charge on any atom is 0.314 e. The Labute approximate surface area is 386 Å². The van der Waals surface area contributed by atoms with Crippen molar-refractivity contribution < 1.29 is 114 Å². The number of hydrogen-bond donors (Lipinski definition) is 14. The van der Waals surface area contributed by atoms with Crippen LogP contribution < -0.4 is 0 Å². The molecule has 0 radical (unpaired) electrons. The lowest BCUT2D eigenvalue weighted by molar-refractivity contribution is -0.369. The number of ether oxygens (including phenoxy) is 8. The predicted octanol–water partition coefficient (Wildman–Crippen LogP) is -5.11. The van der Waals surface area contributed by atoms with Gasteiger partial charge in [0.25, 0.3) is 0 Å². The van der Waals surface area contributed by atoms with Crippen LogP contribution in [0.15, 0.2) is 12.2 Å². The molecule has 67 heavy (non-hydrogen) atoms. The summed E-state index contributed by atoms with van der Waals surface area (Å²) in [5.41, 5.74) is -2.21. The van der Waals surface area contributed by atoms with E-state index in [4.69, 9.17) is 37.9 Å². The molecule has 23 nitrogen and oxygen atoms in total. The Bertz CT molecular complexity index is 1760. The van der Waals surface area contributed by atoms with Crippen LogP contribution >= 0.6 is 0 Å². The summed E-state index contributed by atoms with van der Waals surface area (Å²) in [7, 11) is 0. The number of aliphatic hydroxyl groups is 14. The van der Waals surface area contributed by atoms with Gasteiger partial charge >= 0.3 is 5.97 Å². The van der Waals surface area contributed by atoms with E-state index in [2.05, 4.69) is 13.5 Å². The van der Waals surface area contributed by atoms with Gasteiger partial charge in [0, 0.05) is 0 Å². The van der Waals surface area contributed by atoms with E-state index in [0.29, 0.717) is 51.4 Å². The molecule has 4 saturated heterocycles. The molecule has 4 saturated carbocycles. The topological polar surface area (TPSA) is 374 Å². The monoisotopic (exact) mass is 966 g/mol. The number of fused-ring (bicyclic) bond motifs is 3. The zero-order chi connectivity index (χ0) is 48.7. The van der Waals surface area contributed by atoms with Gasteiger partial charge in [-0.1, -0.05) is 19.9 Å². The second-order valence-corrected chi connectivity index (χ2v) is 20.8. The van der Waals surface area contributed by atoms with Crippen LogP contribution in [-0.4, -0.2) is 232 Å². The van der Waals surface area contributed by atoms with Crippen LogP contribution in [-0.2, 0) is 42.7 Å². The normalized spacial score (nSPS) is 54.5. The van der Waals surface area contributed by atoms with E-state index >= 15 is 0 Å². The first-order chi connectivity index (χ1) is 31.6. The lowest BCUT2D eigenvalue weighted by Crippen LogP contribution is -2.66. The van der Waals surface area contributed by atoms with Crippen LogP contribution in [0.2, 0.25) is 0 Å². The molecule has 0 amide bonds. The standard InChI is InChI=1S/C44H70O23/c1-17-11-43-9-5-22-41(2,7-4-8-42(22,3)40(59)66-39-35(30(55)26(51)20(14-47)63-39)65-37-32(57)29(54)25(50)19(13-46)61-37)23(43)6-10-44(17,16-43)67-38-33(58)34(27(52)21(15-48)62-38)64-36-31(56)28(53)24(49)18(12-45)60-36/h18-39,45-58H,1,4-16H2,2-3H3/t18?,19?,20?,21?,22?,23-,24?,25?,26?,27?,28?,29?,30?,31?,32?,33?,34?,35?,36?,37?,38?,39?,41+,42+,43+,44-/m0/s1. The third kappa shape index (κ3) is 8.63. The van der Waals surface area contributed by atoms with Crippen molar-refractivity contribution in [2.24, 2.45) is 28.1 Å². The van der Waals surface area contributed by atoms with Gasteiger partial charge in [0.15, 0.2) is 25.0 Å². The fraction of sp³-hybridized carbons (Fsp3) is 0.932. The fourth-order valence-electron chi connectivity index (χ4n) is 13.5. The second kappa shape index (κ2) is 19.4. The molecule has 1 spiro atoms. The Kier molecular flexibility index (Phi) is 15.0. The molecule has 4 heterocycles. The van der Waals surface area contributed by atoms with Crippen LogP contribution in [0.3, 0.4) is 0 Å². The van der Waals surface area contributed by atoms with E-state index in [0.717, 1.165) is 12.0 Å². The second-order valence-electron chi connectivity index (χ2n) is 20.8. The van der Waals surface area contributed by atoms with E-state index < -0.39 is 172 Å². The Morgan fingerprint density at radius 1 is 0.567 bits per heavy atom. The van der Waals surface area contributed by atoms with Crippen molar-refractivity contribution >= 4 is 5.97 Å². The summed E-state index contributed by atoms with van der Waals surface area (Å²) < 4.78 is 47.2. The Morgan fingerprint density at radius 2 is 1.06 bits per heavy atom. The van der Waals surface area contributed by atoms with Crippen molar-refractivity contribution in [1.29, 1.82) is 0 Å². The van der Waals surface area contributed by atoms with Gasteiger partial charge in [-0.15, -0.1) is 0 Å². The SMILES string of the molecule is C=C1C[C@@]23CCC4[C@](C)(C(=O)OC5OC(CO)C(O)C(O)C5OC5OC(CO)C(O)C(O)C5O)CCC[C@@]4(C)[C@@H]2CC[C@]1(OC1OC(CO)C(O)C(OC2OC(CO)C(O)C(O)C2O)C1O)C3. The van der Waals surface area contributed by atoms with Crippen molar-refractivity contribution in [3.63, 3.8) is 0 Å². The van der Waals surface area contributed by atoms with Crippen molar-refractivity contribution in [2.45, 2.75) is 200 Å². The van der Waals surface area contributed by atoms with Crippen LogP contribution in [0.1, 0.15) is 71.6 Å². The molecule has 23 heteroatoms. The fourth-order valence-corrected chi connectivity index (χ4v) is 13.5. The van der Waals surface area contributed by atoms with Crippen LogP contribution in [0.4, 0.5) is 0 Å². The van der Waals surface area contributed by atoms with Gasteiger partial charge < -0.3 is 109 Å². The van der Waals surface area contributed by atoms with E-state index in [9.17, 15) is 76.3 Å². The van der Waals surface area contributed by atoms with Gasteiger partial charge in [-0.25, -0.2) is 0 Å². The maximum atomic E-state index is 14.7. The number of esters is 1. The van der Waals surface area contributed by atoms with Gasteiger partial charge in [0.1, 0.15) is 91.6 Å². The molecule has 384 valence electrons. The lowest BCUT2D eigenvalue weighted by atomic mass is 9.41. The lowest BCUT2D eigenvalue weighted by Gasteiger charge is -2.64. The smallest absolute Gasteiger partial charge is 0.314 e. The molecule has 8 rings (SSSR count). The molecule has 0 aromatic rings. The van der Waals surface area contributed by atoms with Gasteiger partial charge in [-0.2, -0.15) is 0 Å². The quantitative estimate of drug-likeness (QED) is 0.0494. The van der Waals surface area contributed by atoms with Crippen LogP contribution in [0, 0.1) is 28.1 Å². The number of carbonyl (C=O) groups is 1. The third-order valence-corrected chi connectivity index (χ3v) is 17.1. The van der Waals surface area contributed by atoms with E-state index in [-0.39, 0.29) is 17.3 Å². The van der Waals surface area contributed by atoms with Gasteiger partial charge in [-0.3, -0.25) is 4.79 Å². The van der Waals surface area contributed by atoms with Crippen molar-refractivity contribution in [3.8, 4) is 0 Å². The maximum absolute atomic E-state index is 14.7. The summed E-state index contributed by atoms with van der Waals surface area (Å²) in [5, 5.41) is 147. The molecule has 14 N–H and O–H groups in total. The number of carbonyl (C=O) groups excluding carboxylic acids is 1. The third-order valence-electron chi connectivity index (χ3n) is 17.1. The highest BCUT2D eigenvalue weighted by atomic mass is 16.8. The molecular formula is C44H70O23. The molecule has 4 aliphatic carbocycles. The molecule has 0 aromatic carbocycles. The molecule has 8 fully saturated rings. The van der Waals surface area contributed by atoms with Crippen molar-refractivity contribution in [1.82, 2.24) is 0 Å². The van der Waals surface area contributed by atoms with Crippen LogP contribution in [0.25, 0.3) is 0 Å². The molecule has 2 bridgehead atoms. The molecule has 26 atom stereocenters. The van der Waals surface area contributed by atoms with Crippen molar-refractivity contribution in [3.05, 3.63) is 12.2 Å². The first-order valence-corrected chi connectivity index (χ1v) is 23.4. The largest absolute Gasteiger partial charge is 0.432 e. The zero-order valence-corrected chi connectivity index (χ0v) is 37.5. The van der Waals surface area contributed by atoms with Crippen LogP contribution in [0.5, 0.6) is 0 Å².